The van der Waals surface area contributed by atoms with Crippen LogP contribution < -0.4 is 0 Å². The van der Waals surface area contributed by atoms with Crippen LogP contribution in [0.4, 0.5) is 0 Å². The highest BCUT2D eigenvalue weighted by molar-refractivity contribution is 8.00. The van der Waals surface area contributed by atoms with Crippen LogP contribution in [0.3, 0.4) is 0 Å². The fourth-order valence-electron chi connectivity index (χ4n) is 5.25. The summed E-state index contributed by atoms with van der Waals surface area (Å²) in [7, 11) is 0. The second-order valence-corrected chi connectivity index (χ2v) is 12.2. The zero-order valence-corrected chi connectivity index (χ0v) is 23.0. The maximum atomic E-state index is 13.5. The summed E-state index contributed by atoms with van der Waals surface area (Å²) in [6, 6.07) is 20.3. The van der Waals surface area contributed by atoms with Gasteiger partial charge in [-0.05, 0) is 65.4 Å². The normalized spacial score (nSPS) is 13.1. The molecule has 0 bridgehead atoms. The molecule has 186 valence electrons. The van der Waals surface area contributed by atoms with Crippen LogP contribution >= 0.6 is 23.4 Å². The van der Waals surface area contributed by atoms with Gasteiger partial charge >= 0.3 is 0 Å². The number of Topliss-reactive ketones (excluding diaryl/α,β-unsaturated/α-hetero) is 1. The quantitative estimate of drug-likeness (QED) is 0.133. The number of carbonyl (C=O) groups excluding carboxylic acids is 1. The lowest BCUT2D eigenvalue weighted by Gasteiger charge is -2.19. The lowest BCUT2D eigenvalue weighted by Crippen LogP contribution is -2.15. The van der Waals surface area contributed by atoms with E-state index in [1.54, 1.807) is 0 Å². The number of hydrogen-bond acceptors (Lipinski definition) is 4. The predicted molar refractivity (Wildman–Crippen MR) is 153 cm³/mol. The van der Waals surface area contributed by atoms with Crippen LogP contribution in [0.2, 0.25) is 5.02 Å². The molecule has 0 atom stereocenters. The van der Waals surface area contributed by atoms with E-state index in [2.05, 4.69) is 51.1 Å². The zero-order valence-electron chi connectivity index (χ0n) is 21.4. The highest BCUT2D eigenvalue weighted by atomic mass is 35.5. The first-order valence-electron chi connectivity index (χ1n) is 12.6. The van der Waals surface area contributed by atoms with Crippen molar-refractivity contribution in [3.8, 4) is 11.1 Å². The van der Waals surface area contributed by atoms with Crippen molar-refractivity contribution in [2.24, 2.45) is 0 Å². The molecule has 0 fully saturated rings. The Kier molecular flexibility index (Phi) is 5.89. The van der Waals surface area contributed by atoms with Crippen molar-refractivity contribution in [2.75, 3.05) is 5.75 Å². The number of nitrogens with zero attached hydrogens (tertiary/aromatic N) is 3. The fourth-order valence-corrected chi connectivity index (χ4v) is 6.25. The zero-order chi connectivity index (χ0) is 25.9. The minimum Gasteiger partial charge on any atom is -0.293 e. The maximum Gasteiger partial charge on any atom is 0.173 e. The second kappa shape index (κ2) is 9.00. The third-order valence-electron chi connectivity index (χ3n) is 7.16. The van der Waals surface area contributed by atoms with E-state index in [4.69, 9.17) is 21.7 Å². The maximum absolute atomic E-state index is 13.5. The molecule has 0 N–H and O–H groups in total. The summed E-state index contributed by atoms with van der Waals surface area (Å²) in [5.41, 5.74) is 8.01. The Bertz CT molecular complexity index is 1690. The Hall–Kier alpha value is -3.15. The monoisotopic (exact) mass is 525 g/mol. The van der Waals surface area contributed by atoms with Crippen LogP contribution in [0.15, 0.2) is 65.7 Å². The first kappa shape index (κ1) is 24.2. The van der Waals surface area contributed by atoms with Gasteiger partial charge in [-0.15, -0.1) is 0 Å². The molecule has 0 amide bonds. The summed E-state index contributed by atoms with van der Waals surface area (Å²) in [5.74, 6) is 0.459. The molecule has 0 unspecified atom stereocenters. The van der Waals surface area contributed by atoms with Gasteiger partial charge in [-0.3, -0.25) is 4.79 Å². The third kappa shape index (κ3) is 4.24. The average molecular weight is 526 g/mol. The number of hydrogen-bond donors (Lipinski definition) is 0. The van der Waals surface area contributed by atoms with E-state index in [1.807, 2.05) is 41.8 Å². The first-order valence-corrected chi connectivity index (χ1v) is 13.9. The molecular weight excluding hydrogens is 498 g/mol. The van der Waals surface area contributed by atoms with Crippen LogP contribution in [-0.2, 0) is 18.3 Å². The molecule has 2 heterocycles. The number of fused-ring (bicyclic) bond motifs is 1. The molecule has 1 aliphatic carbocycles. The molecule has 0 aliphatic heterocycles. The van der Waals surface area contributed by atoms with Gasteiger partial charge in [-0.25, -0.2) is 9.50 Å². The van der Waals surface area contributed by atoms with E-state index in [1.165, 1.54) is 28.3 Å². The minimum absolute atomic E-state index is 0.129. The van der Waals surface area contributed by atoms with Crippen molar-refractivity contribution < 1.29 is 4.79 Å². The molecule has 6 rings (SSSR count). The fraction of sp³-hybridized carbons (Fsp3) is 0.258. The molecule has 6 heteroatoms. The van der Waals surface area contributed by atoms with Crippen molar-refractivity contribution in [1.29, 1.82) is 0 Å². The number of benzene rings is 3. The largest absolute Gasteiger partial charge is 0.293 e. The van der Waals surface area contributed by atoms with Crippen LogP contribution in [0, 0.1) is 6.92 Å². The first-order chi connectivity index (χ1) is 17.7. The molecular formula is C31H28ClN3OS. The summed E-state index contributed by atoms with van der Waals surface area (Å²) in [4.78, 5) is 18.6. The highest BCUT2D eigenvalue weighted by Gasteiger charge is 2.24. The summed E-state index contributed by atoms with van der Waals surface area (Å²) in [5, 5.41) is 8.81. The van der Waals surface area contributed by atoms with Crippen LogP contribution in [0.5, 0.6) is 0 Å². The molecule has 5 aromatic rings. The number of ketones is 1. The van der Waals surface area contributed by atoms with Crippen molar-refractivity contribution in [2.45, 2.75) is 51.0 Å². The molecule has 4 nitrogen and oxygen atoms in total. The minimum atomic E-state index is -0.159. The SMILES string of the molecule is Cc1nn2c(SCC(=O)c3ccc4c5c(cccc35)CC4)cc(C(C)(C)C)nc2c1-c1ccc(Cl)cc1. The Balaban J connectivity index is 1.41. The van der Waals surface area contributed by atoms with E-state index in [0.717, 1.165) is 57.0 Å². The van der Waals surface area contributed by atoms with Gasteiger partial charge in [-0.2, -0.15) is 5.10 Å². The van der Waals surface area contributed by atoms with E-state index >= 15 is 0 Å². The Morgan fingerprint density at radius 2 is 1.76 bits per heavy atom. The lowest BCUT2D eigenvalue weighted by atomic mass is 9.92. The van der Waals surface area contributed by atoms with E-state index in [9.17, 15) is 4.79 Å². The van der Waals surface area contributed by atoms with Gasteiger partial charge in [0.1, 0.15) is 5.03 Å². The van der Waals surface area contributed by atoms with Crippen molar-refractivity contribution >= 4 is 45.6 Å². The van der Waals surface area contributed by atoms with Crippen LogP contribution in [0.25, 0.3) is 27.5 Å². The van der Waals surface area contributed by atoms with Gasteiger partial charge in [-0.1, -0.05) is 86.6 Å². The Morgan fingerprint density at radius 3 is 2.49 bits per heavy atom. The predicted octanol–water partition coefficient (Wildman–Crippen LogP) is 7.88. The molecule has 37 heavy (non-hydrogen) atoms. The van der Waals surface area contributed by atoms with Gasteiger partial charge in [0.15, 0.2) is 11.4 Å². The number of aromatic nitrogens is 3. The van der Waals surface area contributed by atoms with E-state index in [-0.39, 0.29) is 11.2 Å². The van der Waals surface area contributed by atoms with Gasteiger partial charge in [0.05, 0.1) is 17.1 Å². The summed E-state index contributed by atoms with van der Waals surface area (Å²) in [6.45, 7) is 8.47. The van der Waals surface area contributed by atoms with Gasteiger partial charge in [0, 0.05) is 21.6 Å². The highest BCUT2D eigenvalue weighted by Crippen LogP contribution is 2.36. The summed E-state index contributed by atoms with van der Waals surface area (Å²) >= 11 is 7.67. The number of aryl methyl sites for hydroxylation is 3. The topological polar surface area (TPSA) is 47.3 Å². The molecule has 1 aliphatic rings. The van der Waals surface area contributed by atoms with Gasteiger partial charge < -0.3 is 0 Å². The van der Waals surface area contributed by atoms with Crippen LogP contribution in [0.1, 0.15) is 53.6 Å². The Morgan fingerprint density at radius 1 is 1.03 bits per heavy atom. The molecule has 2 aromatic heterocycles. The molecule has 0 saturated carbocycles. The number of halogens is 1. The van der Waals surface area contributed by atoms with Crippen molar-refractivity contribution in [3.05, 3.63) is 93.8 Å². The second-order valence-electron chi connectivity index (χ2n) is 10.8. The van der Waals surface area contributed by atoms with E-state index < -0.39 is 0 Å². The number of thioether (sulfide) groups is 1. The Labute approximate surface area is 226 Å². The molecule has 3 aromatic carbocycles. The van der Waals surface area contributed by atoms with E-state index in [0.29, 0.717) is 10.8 Å². The third-order valence-corrected chi connectivity index (χ3v) is 8.41. The van der Waals surface area contributed by atoms with Crippen LogP contribution in [-0.4, -0.2) is 26.1 Å². The van der Waals surface area contributed by atoms with Gasteiger partial charge in [0.2, 0.25) is 0 Å². The smallest absolute Gasteiger partial charge is 0.173 e. The van der Waals surface area contributed by atoms with Crippen molar-refractivity contribution in [3.63, 3.8) is 0 Å². The molecule has 0 saturated heterocycles. The summed E-state index contributed by atoms with van der Waals surface area (Å²) in [6.07, 6.45) is 2.11. The number of carbonyl (C=O) groups is 1. The summed E-state index contributed by atoms with van der Waals surface area (Å²) < 4.78 is 1.89. The molecule has 0 spiro atoms. The number of rotatable bonds is 5. The average Bonchev–Trinajstić information content (AvgIpc) is 3.44. The standard InChI is InChI=1S/C31H28ClN3OS/c1-18-28(20-10-13-22(32)14-11-20)30-33-26(31(2,3)4)16-27(35(30)34-18)37-17-25(36)23-15-12-21-9-8-19-6-5-7-24(23)29(19)21/h5-7,10-16H,8-9,17H2,1-4H3. The van der Waals surface area contributed by atoms with Crippen molar-refractivity contribution in [1.82, 2.24) is 14.6 Å². The lowest BCUT2D eigenvalue weighted by molar-refractivity contribution is 0.102. The van der Waals surface area contributed by atoms with Gasteiger partial charge in [0.25, 0.3) is 0 Å². The molecule has 0 radical (unpaired) electrons.